The van der Waals surface area contributed by atoms with E-state index in [1.54, 1.807) is 0 Å². The Bertz CT molecular complexity index is 824. The molecule has 1 heterocycles. The van der Waals surface area contributed by atoms with Gasteiger partial charge in [-0.1, -0.05) is 81.4 Å². The van der Waals surface area contributed by atoms with Gasteiger partial charge in [-0.2, -0.15) is 5.11 Å². The van der Waals surface area contributed by atoms with Gasteiger partial charge in [0, 0.05) is 6.54 Å². The van der Waals surface area contributed by atoms with E-state index in [0.29, 0.717) is 17.8 Å². The Hall–Kier alpha value is -2.16. The number of fused-ring (bicyclic) bond motifs is 5. The van der Waals surface area contributed by atoms with Gasteiger partial charge >= 0.3 is 0 Å². The third kappa shape index (κ3) is 3.40. The van der Waals surface area contributed by atoms with Crippen LogP contribution in [-0.4, -0.2) is 11.6 Å². The van der Waals surface area contributed by atoms with Crippen molar-refractivity contribution in [1.82, 2.24) is 5.01 Å². The average molecular weight is 362 g/mol. The molecule has 0 radical (unpaired) electrons. The summed E-state index contributed by atoms with van der Waals surface area (Å²) >= 11 is 0. The Kier molecular flexibility index (Phi) is 5.03. The SMILES string of the molecule is CC(C)CCN1N=NC2c3ccccc3[C@@H](C(C)C)Cc3ccccc3C21. The zero-order valence-electron chi connectivity index (χ0n) is 17.0. The molecule has 0 spiro atoms. The highest BCUT2D eigenvalue weighted by molar-refractivity contribution is 5.43. The molecule has 3 heteroatoms. The van der Waals surface area contributed by atoms with Gasteiger partial charge in [0.15, 0.2) is 0 Å². The standard InChI is InChI=1S/C24H31N3/c1-16(2)13-14-27-24-19-10-6-5-9-18(19)15-22(17(3)4)20-11-7-8-12-21(20)23(24)25-26-27/h5-12,16-17,22-24H,13-15H2,1-4H3/t22-,23?,24?/m1/s1. The second-order valence-electron chi connectivity index (χ2n) is 8.82. The Labute approximate surface area is 163 Å². The third-order valence-corrected chi connectivity index (χ3v) is 6.18. The molecule has 0 fully saturated rings. The van der Waals surface area contributed by atoms with Crippen LogP contribution in [0.1, 0.15) is 74.4 Å². The lowest BCUT2D eigenvalue weighted by molar-refractivity contribution is 0.206. The van der Waals surface area contributed by atoms with Gasteiger partial charge in [-0.15, -0.1) is 0 Å². The van der Waals surface area contributed by atoms with E-state index in [0.717, 1.165) is 19.4 Å². The predicted molar refractivity (Wildman–Crippen MR) is 111 cm³/mol. The summed E-state index contributed by atoms with van der Waals surface area (Å²) in [5.74, 6) is 1.77. The fourth-order valence-electron chi connectivity index (χ4n) is 4.61. The summed E-state index contributed by atoms with van der Waals surface area (Å²) in [5.41, 5.74) is 5.70. The van der Waals surface area contributed by atoms with Gasteiger partial charge in [-0.25, -0.2) is 0 Å². The van der Waals surface area contributed by atoms with Crippen molar-refractivity contribution >= 4 is 0 Å². The topological polar surface area (TPSA) is 28.0 Å². The normalized spacial score (nSPS) is 23.8. The van der Waals surface area contributed by atoms with E-state index in [1.807, 2.05) is 0 Å². The molecule has 0 N–H and O–H groups in total. The maximum absolute atomic E-state index is 4.80. The lowest BCUT2D eigenvalue weighted by Gasteiger charge is -2.34. The van der Waals surface area contributed by atoms with Crippen LogP contribution in [0.4, 0.5) is 0 Å². The molecule has 142 valence electrons. The minimum atomic E-state index is 0.0936. The van der Waals surface area contributed by atoms with Crippen molar-refractivity contribution in [2.24, 2.45) is 22.2 Å². The summed E-state index contributed by atoms with van der Waals surface area (Å²) in [4.78, 5) is 0. The molecular weight excluding hydrogens is 330 g/mol. The molecule has 3 atom stereocenters. The van der Waals surface area contributed by atoms with Crippen molar-refractivity contribution in [2.75, 3.05) is 6.54 Å². The van der Waals surface area contributed by atoms with Crippen molar-refractivity contribution in [2.45, 2.75) is 58.5 Å². The van der Waals surface area contributed by atoms with Gasteiger partial charge in [0.1, 0.15) is 12.1 Å². The largest absolute Gasteiger partial charge is 0.269 e. The summed E-state index contributed by atoms with van der Waals surface area (Å²) in [6, 6.07) is 18.2. The Morgan fingerprint density at radius 3 is 2.30 bits per heavy atom. The molecule has 0 saturated heterocycles. The number of rotatable bonds is 4. The second kappa shape index (κ2) is 7.46. The van der Waals surface area contributed by atoms with E-state index in [9.17, 15) is 0 Å². The minimum Gasteiger partial charge on any atom is -0.269 e. The fourth-order valence-corrected chi connectivity index (χ4v) is 4.61. The molecule has 3 nitrogen and oxygen atoms in total. The molecule has 2 aromatic carbocycles. The fraction of sp³-hybridized carbons (Fsp3) is 0.500. The summed E-state index contributed by atoms with van der Waals surface area (Å²) in [7, 11) is 0. The highest BCUT2D eigenvalue weighted by atomic mass is 15.6. The second-order valence-corrected chi connectivity index (χ2v) is 8.82. The van der Waals surface area contributed by atoms with Crippen molar-refractivity contribution in [3.05, 3.63) is 70.8 Å². The van der Waals surface area contributed by atoms with Crippen LogP contribution in [-0.2, 0) is 6.42 Å². The zero-order valence-corrected chi connectivity index (χ0v) is 17.0. The number of nitrogens with zero attached hydrogens (tertiary/aromatic N) is 3. The summed E-state index contributed by atoms with van der Waals surface area (Å²) in [6.45, 7) is 10.2. The minimum absolute atomic E-state index is 0.0936. The van der Waals surface area contributed by atoms with Crippen LogP contribution in [0.15, 0.2) is 58.9 Å². The summed E-state index contributed by atoms with van der Waals surface area (Å²) in [6.07, 6.45) is 2.23. The molecule has 2 unspecified atom stereocenters. The molecular formula is C24H31N3. The van der Waals surface area contributed by atoms with E-state index in [-0.39, 0.29) is 12.1 Å². The maximum Gasteiger partial charge on any atom is 0.124 e. The van der Waals surface area contributed by atoms with E-state index in [2.05, 4.69) is 86.5 Å². The predicted octanol–water partition coefficient (Wildman–Crippen LogP) is 6.49. The van der Waals surface area contributed by atoms with Crippen molar-refractivity contribution < 1.29 is 0 Å². The maximum atomic E-state index is 4.80. The molecule has 4 rings (SSSR count). The monoisotopic (exact) mass is 361 g/mol. The van der Waals surface area contributed by atoms with Gasteiger partial charge in [0.2, 0.25) is 0 Å². The molecule has 0 aromatic heterocycles. The van der Waals surface area contributed by atoms with E-state index in [4.69, 9.17) is 5.11 Å². The van der Waals surface area contributed by atoms with Crippen LogP contribution in [0.3, 0.4) is 0 Å². The van der Waals surface area contributed by atoms with E-state index >= 15 is 0 Å². The average Bonchev–Trinajstić information content (AvgIpc) is 3.06. The zero-order chi connectivity index (χ0) is 19.0. The number of benzene rings is 2. The Morgan fingerprint density at radius 2 is 1.59 bits per heavy atom. The van der Waals surface area contributed by atoms with Gasteiger partial charge in [-0.3, -0.25) is 5.01 Å². The van der Waals surface area contributed by atoms with Crippen LogP contribution < -0.4 is 0 Å². The summed E-state index contributed by atoms with van der Waals surface area (Å²) in [5, 5.41) is 11.7. The van der Waals surface area contributed by atoms with E-state index in [1.165, 1.54) is 22.3 Å². The van der Waals surface area contributed by atoms with Crippen LogP contribution >= 0.6 is 0 Å². The quantitative estimate of drug-likeness (QED) is 0.611. The first-order valence-electron chi connectivity index (χ1n) is 10.4. The lowest BCUT2D eigenvalue weighted by Crippen LogP contribution is -2.29. The lowest BCUT2D eigenvalue weighted by atomic mass is 9.74. The van der Waals surface area contributed by atoms with Crippen LogP contribution in [0.25, 0.3) is 0 Å². The van der Waals surface area contributed by atoms with Crippen molar-refractivity contribution in [3.63, 3.8) is 0 Å². The van der Waals surface area contributed by atoms with Gasteiger partial charge in [0.05, 0.1) is 0 Å². The number of hydrogen-bond acceptors (Lipinski definition) is 3. The van der Waals surface area contributed by atoms with E-state index < -0.39 is 0 Å². The van der Waals surface area contributed by atoms with Crippen molar-refractivity contribution in [3.8, 4) is 0 Å². The third-order valence-electron chi connectivity index (χ3n) is 6.18. The molecule has 2 aromatic rings. The Morgan fingerprint density at radius 1 is 0.926 bits per heavy atom. The molecule has 0 amide bonds. The highest BCUT2D eigenvalue weighted by Crippen LogP contribution is 2.49. The molecule has 1 aliphatic carbocycles. The van der Waals surface area contributed by atoms with Gasteiger partial charge in [-0.05, 0) is 52.8 Å². The van der Waals surface area contributed by atoms with Gasteiger partial charge < -0.3 is 0 Å². The van der Waals surface area contributed by atoms with Crippen LogP contribution in [0.5, 0.6) is 0 Å². The molecule has 27 heavy (non-hydrogen) atoms. The van der Waals surface area contributed by atoms with Gasteiger partial charge in [0.25, 0.3) is 0 Å². The molecule has 0 bridgehead atoms. The highest BCUT2D eigenvalue weighted by Gasteiger charge is 2.40. The number of hydrogen-bond donors (Lipinski definition) is 0. The molecule has 2 aliphatic rings. The Balaban J connectivity index is 1.83. The molecule has 0 saturated carbocycles. The van der Waals surface area contributed by atoms with Crippen LogP contribution in [0, 0.1) is 11.8 Å². The first-order valence-corrected chi connectivity index (χ1v) is 10.4. The first-order chi connectivity index (χ1) is 13.1. The van der Waals surface area contributed by atoms with Crippen molar-refractivity contribution in [1.29, 1.82) is 0 Å². The smallest absolute Gasteiger partial charge is 0.124 e. The first kappa shape index (κ1) is 18.2. The summed E-state index contributed by atoms with van der Waals surface area (Å²) < 4.78 is 0. The molecule has 1 aliphatic heterocycles. The van der Waals surface area contributed by atoms with Crippen LogP contribution in [0.2, 0.25) is 0 Å².